The van der Waals surface area contributed by atoms with E-state index in [-0.39, 0.29) is 0 Å². The van der Waals surface area contributed by atoms with E-state index in [4.69, 9.17) is 7.85 Å². The highest BCUT2D eigenvalue weighted by atomic mass is 32.1. The van der Waals surface area contributed by atoms with Gasteiger partial charge in [-0.2, -0.15) is 0 Å². The molecule has 0 aliphatic heterocycles. The van der Waals surface area contributed by atoms with Gasteiger partial charge in [-0.25, -0.2) is 4.99 Å². The third-order valence-electron chi connectivity index (χ3n) is 0.988. The second-order valence-electron chi connectivity index (χ2n) is 1.81. The maximum atomic E-state index is 5.51. The lowest BCUT2D eigenvalue weighted by atomic mass is 10.1. The largest absolute Gasteiger partial charge is 0.256 e. The molecule has 1 rings (SSSR count). The van der Waals surface area contributed by atoms with Crippen molar-refractivity contribution in [2.45, 2.75) is 13.8 Å². The van der Waals surface area contributed by atoms with Crippen LogP contribution in [0.3, 0.4) is 0 Å². The fourth-order valence-corrected chi connectivity index (χ4v) is 1.37. The van der Waals surface area contributed by atoms with Crippen LogP contribution < -0.4 is 5.59 Å². The first-order chi connectivity index (χ1) is 4.74. The summed E-state index contributed by atoms with van der Waals surface area (Å²) in [6, 6.07) is 0. The van der Waals surface area contributed by atoms with Gasteiger partial charge in [0.1, 0.15) is 12.8 Å². The van der Waals surface area contributed by atoms with E-state index in [1.807, 2.05) is 13.8 Å². The number of aromatic nitrogens is 1. The SMILES string of the molecule is [B]c1nc(C)sc1/N=C\C. The van der Waals surface area contributed by atoms with E-state index < -0.39 is 0 Å². The van der Waals surface area contributed by atoms with Crippen LogP contribution in [0, 0.1) is 6.92 Å². The van der Waals surface area contributed by atoms with Gasteiger partial charge >= 0.3 is 0 Å². The van der Waals surface area contributed by atoms with Gasteiger partial charge in [0.25, 0.3) is 0 Å². The topological polar surface area (TPSA) is 25.2 Å². The van der Waals surface area contributed by atoms with E-state index >= 15 is 0 Å². The zero-order chi connectivity index (χ0) is 7.56. The summed E-state index contributed by atoms with van der Waals surface area (Å²) >= 11 is 1.50. The van der Waals surface area contributed by atoms with E-state index in [1.165, 1.54) is 11.3 Å². The van der Waals surface area contributed by atoms with Gasteiger partial charge in [-0.15, -0.1) is 11.3 Å². The Bertz CT molecular complexity index is 254. The highest BCUT2D eigenvalue weighted by Gasteiger charge is 1.99. The quantitative estimate of drug-likeness (QED) is 0.432. The summed E-state index contributed by atoms with van der Waals surface area (Å²) in [6.45, 7) is 3.77. The van der Waals surface area contributed by atoms with Crippen molar-refractivity contribution in [3.05, 3.63) is 5.01 Å². The second-order valence-corrected chi connectivity index (χ2v) is 2.99. The summed E-state index contributed by atoms with van der Waals surface area (Å²) in [7, 11) is 5.51. The lowest BCUT2D eigenvalue weighted by molar-refractivity contribution is 1.34. The monoisotopic (exact) mass is 150 g/mol. The number of thiazole rings is 1. The Morgan fingerprint density at radius 3 is 2.80 bits per heavy atom. The summed E-state index contributed by atoms with van der Waals surface area (Å²) in [6.07, 6.45) is 1.71. The van der Waals surface area contributed by atoms with Gasteiger partial charge in [-0.1, -0.05) is 0 Å². The molecular formula is C6H7BN2S. The fraction of sp³-hybridized carbons (Fsp3) is 0.333. The van der Waals surface area contributed by atoms with Crippen molar-refractivity contribution in [2.24, 2.45) is 4.99 Å². The molecule has 0 fully saturated rings. The Morgan fingerprint density at radius 2 is 2.40 bits per heavy atom. The van der Waals surface area contributed by atoms with Crippen LogP contribution in [0.15, 0.2) is 4.99 Å². The minimum Gasteiger partial charge on any atom is -0.256 e. The Labute approximate surface area is 65.4 Å². The average molecular weight is 150 g/mol. The van der Waals surface area contributed by atoms with Crippen molar-refractivity contribution >= 4 is 36.0 Å². The Kier molecular flexibility index (Phi) is 2.22. The molecule has 0 saturated carbocycles. The smallest absolute Gasteiger partial charge is 0.146 e. The molecule has 0 bridgehead atoms. The first-order valence-electron chi connectivity index (χ1n) is 2.95. The maximum Gasteiger partial charge on any atom is 0.146 e. The van der Waals surface area contributed by atoms with E-state index in [9.17, 15) is 0 Å². The van der Waals surface area contributed by atoms with Gasteiger partial charge in [-0.05, 0) is 13.8 Å². The molecular weight excluding hydrogens is 143 g/mol. The molecule has 4 heteroatoms. The molecule has 1 aromatic rings. The standard InChI is InChI=1S/C6H7BN2S/c1-3-8-6-5(7)9-4(2)10-6/h3H,1-2H3/b8-3-. The molecule has 0 amide bonds. The molecule has 1 heterocycles. The molecule has 2 radical (unpaired) electrons. The van der Waals surface area contributed by atoms with Crippen molar-refractivity contribution < 1.29 is 0 Å². The molecule has 2 nitrogen and oxygen atoms in total. The van der Waals surface area contributed by atoms with E-state index in [0.717, 1.165) is 10.0 Å². The van der Waals surface area contributed by atoms with Gasteiger partial charge in [0.2, 0.25) is 0 Å². The van der Waals surface area contributed by atoms with E-state index in [2.05, 4.69) is 9.98 Å². The third-order valence-corrected chi connectivity index (χ3v) is 1.88. The summed E-state index contributed by atoms with van der Waals surface area (Å²) in [5, 5.41) is 1.76. The van der Waals surface area contributed by atoms with Gasteiger partial charge < -0.3 is 0 Å². The van der Waals surface area contributed by atoms with Crippen LogP contribution >= 0.6 is 11.3 Å². The summed E-state index contributed by atoms with van der Waals surface area (Å²) < 4.78 is 0. The molecule has 0 spiro atoms. The average Bonchev–Trinajstić information content (AvgIpc) is 2.13. The lowest BCUT2D eigenvalue weighted by Gasteiger charge is -1.83. The van der Waals surface area contributed by atoms with Crippen LogP contribution in [0.2, 0.25) is 0 Å². The first kappa shape index (κ1) is 7.47. The summed E-state index contributed by atoms with van der Waals surface area (Å²) in [5.74, 6) is 0. The van der Waals surface area contributed by atoms with Crippen LogP contribution in [-0.4, -0.2) is 19.0 Å². The fourth-order valence-electron chi connectivity index (χ4n) is 0.642. The van der Waals surface area contributed by atoms with Crippen molar-refractivity contribution in [1.29, 1.82) is 0 Å². The maximum absolute atomic E-state index is 5.51. The molecule has 50 valence electrons. The Balaban J connectivity index is 3.03. The van der Waals surface area contributed by atoms with Crippen molar-refractivity contribution in [1.82, 2.24) is 4.98 Å². The van der Waals surface area contributed by atoms with Crippen molar-refractivity contribution in [2.75, 3.05) is 0 Å². The van der Waals surface area contributed by atoms with Gasteiger partial charge in [0.05, 0.1) is 5.01 Å². The third kappa shape index (κ3) is 1.45. The number of rotatable bonds is 1. The van der Waals surface area contributed by atoms with E-state index in [1.54, 1.807) is 6.21 Å². The van der Waals surface area contributed by atoms with Crippen LogP contribution in [-0.2, 0) is 0 Å². The summed E-state index contributed by atoms with van der Waals surface area (Å²) in [5.41, 5.74) is 0.528. The minimum absolute atomic E-state index is 0.528. The molecule has 0 aromatic carbocycles. The Hall–Kier alpha value is -0.635. The predicted molar refractivity (Wildman–Crippen MR) is 46.1 cm³/mol. The second kappa shape index (κ2) is 2.97. The van der Waals surface area contributed by atoms with Crippen molar-refractivity contribution in [3.8, 4) is 0 Å². The van der Waals surface area contributed by atoms with Crippen molar-refractivity contribution in [3.63, 3.8) is 0 Å². The highest BCUT2D eigenvalue weighted by molar-refractivity contribution is 7.16. The van der Waals surface area contributed by atoms with Gasteiger partial charge in [0.15, 0.2) is 0 Å². The molecule has 0 aliphatic rings. The van der Waals surface area contributed by atoms with Gasteiger partial charge in [0, 0.05) is 11.8 Å². The zero-order valence-corrected chi connectivity index (χ0v) is 6.77. The number of hydrogen-bond acceptors (Lipinski definition) is 3. The Morgan fingerprint density at radius 1 is 1.70 bits per heavy atom. The van der Waals surface area contributed by atoms with Crippen LogP contribution in [0.5, 0.6) is 0 Å². The molecule has 0 atom stereocenters. The van der Waals surface area contributed by atoms with Crippen LogP contribution in [0.25, 0.3) is 0 Å². The first-order valence-corrected chi connectivity index (χ1v) is 3.77. The molecule has 0 N–H and O–H groups in total. The molecule has 0 saturated heterocycles. The lowest BCUT2D eigenvalue weighted by Crippen LogP contribution is -2.02. The van der Waals surface area contributed by atoms with Gasteiger partial charge in [-0.3, -0.25) is 4.98 Å². The minimum atomic E-state index is 0.528. The molecule has 10 heavy (non-hydrogen) atoms. The number of aryl methyl sites for hydroxylation is 1. The molecule has 0 aliphatic carbocycles. The number of hydrogen-bond donors (Lipinski definition) is 0. The normalized spacial score (nSPS) is 11.0. The van der Waals surface area contributed by atoms with Crippen LogP contribution in [0.1, 0.15) is 11.9 Å². The van der Waals surface area contributed by atoms with Crippen LogP contribution in [0.4, 0.5) is 5.00 Å². The number of nitrogens with zero attached hydrogens (tertiary/aromatic N) is 2. The molecule has 0 unspecified atom stereocenters. The zero-order valence-electron chi connectivity index (χ0n) is 5.96. The highest BCUT2D eigenvalue weighted by Crippen LogP contribution is 2.17. The summed E-state index contributed by atoms with van der Waals surface area (Å²) in [4.78, 5) is 8.05. The number of aliphatic imine (C=N–C) groups is 1. The molecule has 1 aromatic heterocycles. The predicted octanol–water partition coefficient (Wildman–Crippen LogP) is 0.968. The van der Waals surface area contributed by atoms with E-state index in [0.29, 0.717) is 5.59 Å².